The van der Waals surface area contributed by atoms with Crippen LogP contribution in [0.4, 0.5) is 13.2 Å². The molecule has 0 saturated heterocycles. The first-order valence-corrected chi connectivity index (χ1v) is 9.03. The van der Waals surface area contributed by atoms with Crippen LogP contribution in [0.5, 0.6) is 5.75 Å². The summed E-state index contributed by atoms with van der Waals surface area (Å²) in [6, 6.07) is 5.14. The summed E-state index contributed by atoms with van der Waals surface area (Å²) in [7, 11) is 1.53. The van der Waals surface area contributed by atoms with Gasteiger partial charge >= 0.3 is 6.18 Å². The molecular weight excluding hydrogens is 385 g/mol. The molecule has 2 aromatic rings. The van der Waals surface area contributed by atoms with E-state index in [2.05, 4.69) is 15.3 Å². The number of nitrogens with zero attached hydrogens (tertiary/aromatic N) is 1. The number of hydrogen-bond donors (Lipinski definition) is 3. The van der Waals surface area contributed by atoms with Crippen molar-refractivity contribution < 1.29 is 22.7 Å². The highest BCUT2D eigenvalue weighted by molar-refractivity contribution is 6.10. The van der Waals surface area contributed by atoms with Gasteiger partial charge in [0.2, 0.25) is 0 Å². The van der Waals surface area contributed by atoms with Crippen molar-refractivity contribution in [1.82, 2.24) is 15.3 Å². The molecule has 1 amide bonds. The summed E-state index contributed by atoms with van der Waals surface area (Å²) in [5.74, 6) is -0.497. The molecule has 0 spiro atoms. The number of carbonyl (C=O) groups excluding carboxylic acids is 1. The summed E-state index contributed by atoms with van der Waals surface area (Å²) in [5, 5.41) is 10.3. The summed E-state index contributed by atoms with van der Waals surface area (Å²) in [5.41, 5.74) is 1.34. The van der Waals surface area contributed by atoms with E-state index in [1.165, 1.54) is 13.3 Å². The number of ether oxygens (including phenoxy) is 1. The van der Waals surface area contributed by atoms with Gasteiger partial charge in [-0.2, -0.15) is 13.2 Å². The minimum Gasteiger partial charge on any atom is -0.497 e. The number of methoxy groups -OCH3 is 1. The minimum absolute atomic E-state index is 0.0597. The van der Waals surface area contributed by atoms with Gasteiger partial charge in [0.05, 0.1) is 19.0 Å². The Balaban J connectivity index is 1.72. The minimum atomic E-state index is -4.48. The fraction of sp³-hybridized carbons (Fsp3) is 0.350. The fourth-order valence-electron chi connectivity index (χ4n) is 2.91. The molecule has 3 N–H and O–H groups in total. The van der Waals surface area contributed by atoms with Crippen molar-refractivity contribution in [1.29, 1.82) is 5.41 Å². The number of amides is 1. The molecular formula is C20H21F3N4O2. The smallest absolute Gasteiger partial charge is 0.408 e. The number of carbonyl (C=O) groups is 1. The molecule has 1 atom stereocenters. The molecule has 9 heteroatoms. The Morgan fingerprint density at radius 1 is 1.41 bits per heavy atom. The van der Waals surface area contributed by atoms with E-state index in [1.807, 2.05) is 0 Å². The van der Waals surface area contributed by atoms with Crippen LogP contribution in [0.1, 0.15) is 41.6 Å². The van der Waals surface area contributed by atoms with Crippen LogP contribution in [0.3, 0.4) is 0 Å². The van der Waals surface area contributed by atoms with E-state index in [0.29, 0.717) is 35.6 Å². The highest BCUT2D eigenvalue weighted by atomic mass is 19.4. The van der Waals surface area contributed by atoms with Gasteiger partial charge in [-0.05, 0) is 49.5 Å². The van der Waals surface area contributed by atoms with Gasteiger partial charge in [0, 0.05) is 5.56 Å². The molecule has 1 heterocycles. The summed E-state index contributed by atoms with van der Waals surface area (Å²) >= 11 is 0. The lowest BCUT2D eigenvalue weighted by Crippen LogP contribution is -2.47. The molecule has 29 heavy (non-hydrogen) atoms. The third kappa shape index (κ3) is 5.04. The molecule has 154 valence electrons. The van der Waals surface area contributed by atoms with Crippen LogP contribution in [-0.4, -0.2) is 40.9 Å². The number of benzene rings is 1. The third-order valence-electron chi connectivity index (χ3n) is 4.67. The summed E-state index contributed by atoms with van der Waals surface area (Å²) in [4.78, 5) is 19.0. The SMILES string of the molecule is COc1cccc(C(=N)/C=C(/C)c2ncc(C(=O)NC(C3CC3)C(F)(F)F)[nH]2)c1. The van der Waals surface area contributed by atoms with Crippen LogP contribution in [0, 0.1) is 11.3 Å². The molecule has 0 aliphatic heterocycles. The topological polar surface area (TPSA) is 90.9 Å². The van der Waals surface area contributed by atoms with E-state index >= 15 is 0 Å². The van der Waals surface area contributed by atoms with E-state index in [-0.39, 0.29) is 11.4 Å². The number of alkyl halides is 3. The van der Waals surface area contributed by atoms with E-state index in [4.69, 9.17) is 10.1 Å². The molecule has 0 radical (unpaired) electrons. The average molecular weight is 406 g/mol. The Labute approximate surface area is 165 Å². The molecule has 1 unspecified atom stereocenters. The number of allylic oxidation sites excluding steroid dienone is 2. The van der Waals surface area contributed by atoms with E-state index in [0.717, 1.165) is 0 Å². The molecule has 1 aromatic heterocycles. The fourth-order valence-corrected chi connectivity index (χ4v) is 2.91. The zero-order valence-corrected chi connectivity index (χ0v) is 15.9. The molecule has 1 aromatic carbocycles. The number of rotatable bonds is 7. The number of halogens is 3. The van der Waals surface area contributed by atoms with Gasteiger partial charge in [-0.25, -0.2) is 4.98 Å². The van der Waals surface area contributed by atoms with Gasteiger partial charge in [0.25, 0.3) is 5.91 Å². The molecule has 1 aliphatic rings. The molecule has 1 aliphatic carbocycles. The molecule has 0 bridgehead atoms. The number of H-pyrrole nitrogens is 1. The maximum absolute atomic E-state index is 13.1. The zero-order valence-electron chi connectivity index (χ0n) is 15.9. The number of aromatic amines is 1. The van der Waals surface area contributed by atoms with Crippen LogP contribution in [0.2, 0.25) is 0 Å². The van der Waals surface area contributed by atoms with Crippen molar-refractivity contribution in [2.75, 3.05) is 7.11 Å². The van der Waals surface area contributed by atoms with Crippen LogP contribution in [-0.2, 0) is 0 Å². The summed E-state index contributed by atoms with van der Waals surface area (Å²) < 4.78 is 44.4. The van der Waals surface area contributed by atoms with Crippen molar-refractivity contribution >= 4 is 17.2 Å². The molecule has 1 saturated carbocycles. The average Bonchev–Trinajstić information content (AvgIpc) is 3.39. The van der Waals surface area contributed by atoms with Gasteiger partial charge < -0.3 is 20.4 Å². The third-order valence-corrected chi connectivity index (χ3v) is 4.67. The highest BCUT2D eigenvalue weighted by Gasteiger charge is 2.49. The van der Waals surface area contributed by atoms with Crippen LogP contribution in [0.15, 0.2) is 36.5 Å². The maximum atomic E-state index is 13.1. The summed E-state index contributed by atoms with van der Waals surface area (Å²) in [6.07, 6.45) is -0.837. The first-order valence-electron chi connectivity index (χ1n) is 9.03. The van der Waals surface area contributed by atoms with Gasteiger partial charge in [-0.1, -0.05) is 12.1 Å². The van der Waals surface area contributed by atoms with E-state index < -0.39 is 24.0 Å². The first-order chi connectivity index (χ1) is 13.7. The number of imidazole rings is 1. The number of aromatic nitrogens is 2. The lowest BCUT2D eigenvalue weighted by molar-refractivity contribution is -0.158. The quantitative estimate of drug-likeness (QED) is 0.608. The highest BCUT2D eigenvalue weighted by Crippen LogP contribution is 2.40. The van der Waals surface area contributed by atoms with Gasteiger partial charge in [-0.15, -0.1) is 0 Å². The van der Waals surface area contributed by atoms with Crippen molar-refractivity contribution in [3.05, 3.63) is 53.6 Å². The molecule has 1 fully saturated rings. The van der Waals surface area contributed by atoms with Gasteiger partial charge in [0.15, 0.2) is 0 Å². The number of hydrogen-bond acceptors (Lipinski definition) is 4. The van der Waals surface area contributed by atoms with Gasteiger partial charge in [-0.3, -0.25) is 4.79 Å². The largest absolute Gasteiger partial charge is 0.497 e. The van der Waals surface area contributed by atoms with Crippen molar-refractivity contribution in [3.8, 4) is 5.75 Å². The molecule has 3 rings (SSSR count). The van der Waals surface area contributed by atoms with Crippen LogP contribution in [0.25, 0.3) is 5.57 Å². The lowest BCUT2D eigenvalue weighted by atomic mass is 10.1. The monoisotopic (exact) mass is 406 g/mol. The van der Waals surface area contributed by atoms with E-state index in [1.54, 1.807) is 37.3 Å². The molecule has 6 nitrogen and oxygen atoms in total. The van der Waals surface area contributed by atoms with Crippen LogP contribution < -0.4 is 10.1 Å². The second-order valence-electron chi connectivity index (χ2n) is 6.95. The number of nitrogens with one attached hydrogen (secondary N) is 3. The van der Waals surface area contributed by atoms with Crippen molar-refractivity contribution in [3.63, 3.8) is 0 Å². The predicted octanol–water partition coefficient (Wildman–Crippen LogP) is 3.96. The van der Waals surface area contributed by atoms with E-state index in [9.17, 15) is 18.0 Å². The predicted molar refractivity (Wildman–Crippen MR) is 102 cm³/mol. The maximum Gasteiger partial charge on any atom is 0.408 e. The zero-order chi connectivity index (χ0) is 21.2. The Kier molecular flexibility index (Phi) is 5.76. The first kappa shape index (κ1) is 20.6. The second-order valence-corrected chi connectivity index (χ2v) is 6.95. The normalized spacial score (nSPS) is 15.7. The summed E-state index contributed by atoms with van der Waals surface area (Å²) in [6.45, 7) is 1.69. The van der Waals surface area contributed by atoms with Crippen LogP contribution >= 0.6 is 0 Å². The Bertz CT molecular complexity index is 945. The Morgan fingerprint density at radius 3 is 2.76 bits per heavy atom. The van der Waals surface area contributed by atoms with Gasteiger partial charge in [0.1, 0.15) is 23.3 Å². The second kappa shape index (κ2) is 8.10. The Hall–Kier alpha value is -3.10. The standard InChI is InChI=1S/C20H21F3N4O2/c1-11(8-15(24)13-4-3-5-14(9-13)29-2)18-25-10-16(26-18)19(28)27-17(12-6-7-12)20(21,22)23/h3-5,8-10,12,17,24H,6-7H2,1-2H3,(H,25,26)(H,27,28)/b11-8-,24-15?. The van der Waals surface area contributed by atoms with Crippen molar-refractivity contribution in [2.45, 2.75) is 32.0 Å². The Morgan fingerprint density at radius 2 is 2.14 bits per heavy atom. The lowest BCUT2D eigenvalue weighted by Gasteiger charge is -2.20. The van der Waals surface area contributed by atoms with Crippen molar-refractivity contribution in [2.24, 2.45) is 5.92 Å².